The van der Waals surface area contributed by atoms with Crippen molar-refractivity contribution in [3.63, 3.8) is 0 Å². The second-order valence-electron chi connectivity index (χ2n) is 2.48. The van der Waals surface area contributed by atoms with E-state index in [2.05, 4.69) is 26.2 Å². The fourth-order valence-corrected chi connectivity index (χ4v) is 1.68. The van der Waals surface area contributed by atoms with Gasteiger partial charge in [-0.25, -0.2) is 4.98 Å². The molecule has 0 radical (unpaired) electrons. The van der Waals surface area contributed by atoms with Crippen LogP contribution >= 0.6 is 15.9 Å². The van der Waals surface area contributed by atoms with Crippen molar-refractivity contribution >= 4 is 27.3 Å². The number of nitrogens with one attached hydrogen (secondary N) is 1. The van der Waals surface area contributed by atoms with Crippen LogP contribution in [0.25, 0.3) is 5.65 Å². The normalized spacial score (nSPS) is 10.5. The largest absolute Gasteiger partial charge is 0.387 e. The molecular weight excluding hydrogens is 218 g/mol. The summed E-state index contributed by atoms with van der Waals surface area (Å²) in [4.78, 5) is 4.18. The summed E-state index contributed by atoms with van der Waals surface area (Å²) in [6.45, 7) is 0. The minimum atomic E-state index is 0.939. The van der Waals surface area contributed by atoms with Gasteiger partial charge in [-0.3, -0.25) is 0 Å². The predicted octanol–water partition coefficient (Wildman–Crippen LogP) is 2.14. The monoisotopic (exact) mass is 225 g/mol. The molecule has 0 unspecified atom stereocenters. The minimum absolute atomic E-state index is 0.939. The number of rotatable bonds is 1. The van der Waals surface area contributed by atoms with Crippen LogP contribution in [0, 0.1) is 0 Å². The first-order valence-corrected chi connectivity index (χ1v) is 4.40. The summed E-state index contributed by atoms with van der Waals surface area (Å²) in [5.41, 5.74) is 2.00. The van der Waals surface area contributed by atoms with Crippen LogP contribution < -0.4 is 5.32 Å². The highest BCUT2D eigenvalue weighted by molar-refractivity contribution is 9.10. The zero-order valence-corrected chi connectivity index (χ0v) is 8.17. The van der Waals surface area contributed by atoms with Crippen LogP contribution in [0.3, 0.4) is 0 Å². The summed E-state index contributed by atoms with van der Waals surface area (Å²) in [7, 11) is 1.89. The third kappa shape index (κ3) is 1.08. The summed E-state index contributed by atoms with van der Waals surface area (Å²) in [5, 5.41) is 3.07. The van der Waals surface area contributed by atoms with Gasteiger partial charge in [0.25, 0.3) is 0 Å². The third-order valence-electron chi connectivity index (χ3n) is 1.73. The van der Waals surface area contributed by atoms with Crippen molar-refractivity contribution in [3.8, 4) is 0 Å². The summed E-state index contributed by atoms with van der Waals surface area (Å²) in [5.74, 6) is 0. The van der Waals surface area contributed by atoms with Crippen LogP contribution in [0.5, 0.6) is 0 Å². The Kier molecular flexibility index (Phi) is 1.77. The molecular formula is C8H8BrN3. The number of imidazole rings is 1. The highest BCUT2D eigenvalue weighted by Gasteiger charge is 2.00. The van der Waals surface area contributed by atoms with Crippen molar-refractivity contribution in [3.05, 3.63) is 29.1 Å². The van der Waals surface area contributed by atoms with Crippen LogP contribution in [0.4, 0.5) is 5.69 Å². The molecule has 0 spiro atoms. The van der Waals surface area contributed by atoms with Crippen LogP contribution in [0.1, 0.15) is 0 Å². The first kappa shape index (κ1) is 7.61. The van der Waals surface area contributed by atoms with E-state index in [1.54, 1.807) is 6.20 Å². The predicted molar refractivity (Wildman–Crippen MR) is 52.4 cm³/mol. The van der Waals surface area contributed by atoms with E-state index in [4.69, 9.17) is 0 Å². The summed E-state index contributed by atoms with van der Waals surface area (Å²) >= 11 is 3.44. The van der Waals surface area contributed by atoms with Gasteiger partial charge in [-0.2, -0.15) is 0 Å². The highest BCUT2D eigenvalue weighted by atomic mass is 79.9. The van der Waals surface area contributed by atoms with Crippen molar-refractivity contribution < 1.29 is 0 Å². The lowest BCUT2D eigenvalue weighted by molar-refractivity contribution is 1.17. The van der Waals surface area contributed by atoms with E-state index in [1.807, 2.05) is 29.9 Å². The Morgan fingerprint density at radius 3 is 3.17 bits per heavy atom. The fourth-order valence-electron chi connectivity index (χ4n) is 1.13. The number of halogens is 1. The maximum absolute atomic E-state index is 4.18. The van der Waals surface area contributed by atoms with Gasteiger partial charge < -0.3 is 9.72 Å². The van der Waals surface area contributed by atoms with E-state index >= 15 is 0 Å². The summed E-state index contributed by atoms with van der Waals surface area (Å²) in [6.07, 6.45) is 5.69. The van der Waals surface area contributed by atoms with E-state index in [0.29, 0.717) is 0 Å². The standard InChI is InChI=1S/C8H8BrN3/c1-10-6-4-7(9)8-11-2-3-12(8)5-6/h2-5,10H,1H3. The molecule has 2 aromatic heterocycles. The number of pyridine rings is 1. The molecule has 3 nitrogen and oxygen atoms in total. The average molecular weight is 226 g/mol. The first-order valence-electron chi connectivity index (χ1n) is 3.61. The summed E-state index contributed by atoms with van der Waals surface area (Å²) < 4.78 is 2.97. The topological polar surface area (TPSA) is 29.3 Å². The summed E-state index contributed by atoms with van der Waals surface area (Å²) in [6, 6.07) is 2.00. The Morgan fingerprint density at radius 1 is 1.58 bits per heavy atom. The van der Waals surface area contributed by atoms with Crippen molar-refractivity contribution in [1.29, 1.82) is 0 Å². The Bertz CT molecular complexity index is 408. The molecule has 0 aliphatic rings. The number of hydrogen-bond acceptors (Lipinski definition) is 2. The van der Waals surface area contributed by atoms with Gasteiger partial charge in [0, 0.05) is 25.6 Å². The van der Waals surface area contributed by atoms with Gasteiger partial charge >= 0.3 is 0 Å². The Balaban J connectivity index is 2.75. The molecule has 2 heterocycles. The molecule has 0 aromatic carbocycles. The molecule has 1 N–H and O–H groups in total. The average Bonchev–Trinajstić information content (AvgIpc) is 2.52. The van der Waals surface area contributed by atoms with Crippen molar-refractivity contribution in [2.75, 3.05) is 12.4 Å². The zero-order chi connectivity index (χ0) is 8.55. The van der Waals surface area contributed by atoms with Gasteiger partial charge in [0.05, 0.1) is 10.2 Å². The number of nitrogens with zero attached hydrogens (tertiary/aromatic N) is 2. The third-order valence-corrected chi connectivity index (χ3v) is 2.31. The Hall–Kier alpha value is -1.03. The molecule has 12 heavy (non-hydrogen) atoms. The van der Waals surface area contributed by atoms with Gasteiger partial charge in [-0.15, -0.1) is 0 Å². The quantitative estimate of drug-likeness (QED) is 0.807. The molecule has 0 saturated carbocycles. The molecule has 0 aliphatic carbocycles. The number of hydrogen-bond donors (Lipinski definition) is 1. The number of aromatic nitrogens is 2. The van der Waals surface area contributed by atoms with Gasteiger partial charge in [-0.05, 0) is 22.0 Å². The maximum atomic E-state index is 4.18. The zero-order valence-electron chi connectivity index (χ0n) is 6.58. The first-order chi connectivity index (χ1) is 5.81. The van der Waals surface area contributed by atoms with Crippen molar-refractivity contribution in [1.82, 2.24) is 9.38 Å². The second-order valence-corrected chi connectivity index (χ2v) is 3.34. The molecule has 0 amide bonds. The SMILES string of the molecule is CNc1cc(Br)c2nccn2c1. The van der Waals surface area contributed by atoms with Crippen molar-refractivity contribution in [2.24, 2.45) is 0 Å². The maximum Gasteiger partial charge on any atom is 0.151 e. The smallest absolute Gasteiger partial charge is 0.151 e. The molecule has 62 valence electrons. The van der Waals surface area contributed by atoms with E-state index in [9.17, 15) is 0 Å². The second kappa shape index (κ2) is 2.79. The molecule has 0 bridgehead atoms. The Labute approximate surface area is 78.6 Å². The molecule has 0 saturated heterocycles. The molecule has 0 atom stereocenters. The van der Waals surface area contributed by atoms with Crippen LogP contribution in [-0.4, -0.2) is 16.4 Å². The highest BCUT2D eigenvalue weighted by Crippen LogP contribution is 2.20. The van der Waals surface area contributed by atoms with Gasteiger partial charge in [0.2, 0.25) is 0 Å². The number of fused-ring (bicyclic) bond motifs is 1. The van der Waals surface area contributed by atoms with Gasteiger partial charge in [0.1, 0.15) is 0 Å². The molecule has 0 fully saturated rings. The lowest BCUT2D eigenvalue weighted by Gasteiger charge is -2.02. The van der Waals surface area contributed by atoms with Gasteiger partial charge in [-0.1, -0.05) is 0 Å². The Morgan fingerprint density at radius 2 is 2.42 bits per heavy atom. The van der Waals surface area contributed by atoms with Crippen molar-refractivity contribution in [2.45, 2.75) is 0 Å². The van der Waals surface area contributed by atoms with E-state index in [1.165, 1.54) is 0 Å². The molecule has 2 aromatic rings. The molecule has 0 aliphatic heterocycles. The van der Waals surface area contributed by atoms with E-state index in [0.717, 1.165) is 15.8 Å². The van der Waals surface area contributed by atoms with E-state index < -0.39 is 0 Å². The van der Waals surface area contributed by atoms with E-state index in [-0.39, 0.29) is 0 Å². The molecule has 4 heteroatoms. The minimum Gasteiger partial charge on any atom is -0.387 e. The lowest BCUT2D eigenvalue weighted by Crippen LogP contribution is -1.92. The van der Waals surface area contributed by atoms with Crippen LogP contribution in [0.2, 0.25) is 0 Å². The van der Waals surface area contributed by atoms with Gasteiger partial charge in [0.15, 0.2) is 5.65 Å². The number of anilines is 1. The lowest BCUT2D eigenvalue weighted by atomic mass is 10.4. The van der Waals surface area contributed by atoms with Crippen LogP contribution in [-0.2, 0) is 0 Å². The van der Waals surface area contributed by atoms with Crippen LogP contribution in [0.15, 0.2) is 29.1 Å². The molecule has 2 rings (SSSR count). The fraction of sp³-hybridized carbons (Fsp3) is 0.125.